The molecule has 5 atom stereocenters. The molecule has 5 aliphatic rings. The molecule has 10 nitrogen and oxygen atoms in total. The fourth-order valence-corrected chi connectivity index (χ4v) is 9.59. The van der Waals surface area contributed by atoms with Crippen LogP contribution in [0.4, 0.5) is 5.69 Å². The van der Waals surface area contributed by atoms with Crippen LogP contribution in [0.1, 0.15) is 32.6 Å². The summed E-state index contributed by atoms with van der Waals surface area (Å²) in [6.07, 6.45) is 11.5. The highest BCUT2D eigenvalue weighted by atomic mass is 32.2. The Hall–Kier alpha value is -2.86. The second kappa shape index (κ2) is 14.3. The molecule has 6 rings (SSSR count). The molecule has 0 saturated carbocycles. The zero-order chi connectivity index (χ0) is 31.4. The van der Waals surface area contributed by atoms with E-state index in [9.17, 15) is 19.5 Å². The number of hydrogen-bond acceptors (Lipinski definition) is 8. The topological polar surface area (TPSA) is 103 Å². The fourth-order valence-electron chi connectivity index (χ4n) is 7.58. The number of aliphatic hydroxyl groups excluding tert-OH is 1. The van der Waals surface area contributed by atoms with Crippen molar-refractivity contribution in [3.63, 3.8) is 0 Å². The van der Waals surface area contributed by atoms with Gasteiger partial charge in [0.1, 0.15) is 11.8 Å². The van der Waals surface area contributed by atoms with Gasteiger partial charge in [0.05, 0.1) is 36.4 Å². The van der Waals surface area contributed by atoms with Gasteiger partial charge in [-0.05, 0) is 44.0 Å². The predicted molar refractivity (Wildman–Crippen MR) is 174 cm³/mol. The number of nitrogens with zero attached hydrogens (tertiary/aromatic N) is 4. The first-order valence-electron chi connectivity index (χ1n) is 16.5. The molecule has 0 radical (unpaired) electrons. The van der Waals surface area contributed by atoms with E-state index >= 15 is 0 Å². The minimum atomic E-state index is -0.815. The van der Waals surface area contributed by atoms with E-state index in [1.54, 1.807) is 21.6 Å². The van der Waals surface area contributed by atoms with Crippen LogP contribution >= 0.6 is 11.8 Å². The Morgan fingerprint density at radius 2 is 1.71 bits per heavy atom. The van der Waals surface area contributed by atoms with E-state index in [0.717, 1.165) is 56.8 Å². The summed E-state index contributed by atoms with van der Waals surface area (Å²) in [7, 11) is 0. The van der Waals surface area contributed by atoms with Crippen LogP contribution in [-0.4, -0.2) is 126 Å². The molecule has 3 saturated heterocycles. The Labute approximate surface area is 270 Å². The van der Waals surface area contributed by atoms with Crippen molar-refractivity contribution in [2.75, 3.05) is 77.1 Å². The molecule has 11 heteroatoms. The molecular weight excluding hydrogens is 592 g/mol. The molecule has 3 fully saturated rings. The quantitative estimate of drug-likeness (QED) is 0.276. The van der Waals surface area contributed by atoms with E-state index in [4.69, 9.17) is 9.47 Å². The monoisotopic (exact) mass is 638 g/mol. The van der Waals surface area contributed by atoms with Gasteiger partial charge < -0.3 is 29.3 Å². The molecule has 5 heterocycles. The van der Waals surface area contributed by atoms with Crippen LogP contribution in [0, 0.1) is 11.8 Å². The number of amides is 3. The first-order chi connectivity index (χ1) is 22.0. The smallest absolute Gasteiger partial charge is 0.247 e. The summed E-state index contributed by atoms with van der Waals surface area (Å²) in [6.45, 7) is 8.49. The summed E-state index contributed by atoms with van der Waals surface area (Å²) >= 11 is 1.63. The predicted octanol–water partition coefficient (Wildman–Crippen LogP) is 2.57. The van der Waals surface area contributed by atoms with Crippen molar-refractivity contribution in [2.24, 2.45) is 11.8 Å². The Morgan fingerprint density at radius 3 is 2.47 bits per heavy atom. The SMILES string of the molecule is CCOc1ccc(N2CC=C[C@H]3S[C@]45C=CCN(CCN6CCOCC6)C(=O)C4N(CCCCCCO)C(=O)[C@@H]5[C@H]3C2=O)cc1. The maximum Gasteiger partial charge on any atom is 0.247 e. The van der Waals surface area contributed by atoms with Gasteiger partial charge in [0.15, 0.2) is 0 Å². The summed E-state index contributed by atoms with van der Waals surface area (Å²) in [4.78, 5) is 51.3. The molecule has 1 spiro atoms. The standard InChI is InChI=1S/C34H46N4O6S/c1-2-44-26-12-10-25(11-13-26)37-17-7-9-27-28(31(37)40)29-32(41)38(16-5-3-4-6-22-39)30-33(42)36(15-8-14-34(29,30)45-27)19-18-35-20-23-43-24-21-35/h7-14,27-30,39H,2-6,15-24H2,1H3/t27-,28+,29+,30?,34+/m1/s1. The highest BCUT2D eigenvalue weighted by molar-refractivity contribution is 8.02. The minimum Gasteiger partial charge on any atom is -0.494 e. The number of morpholine rings is 1. The summed E-state index contributed by atoms with van der Waals surface area (Å²) in [6, 6.07) is 6.88. The largest absolute Gasteiger partial charge is 0.494 e. The van der Waals surface area contributed by atoms with Crippen LogP contribution in [0.3, 0.4) is 0 Å². The third-order valence-electron chi connectivity index (χ3n) is 9.80. The van der Waals surface area contributed by atoms with Crippen molar-refractivity contribution in [1.29, 1.82) is 0 Å². The maximum absolute atomic E-state index is 14.5. The average molecular weight is 639 g/mol. The zero-order valence-corrected chi connectivity index (χ0v) is 27.0. The molecule has 5 aliphatic heterocycles. The van der Waals surface area contributed by atoms with Crippen LogP contribution in [0.5, 0.6) is 5.75 Å². The fraction of sp³-hybridized carbons (Fsp3) is 0.618. The second-order valence-electron chi connectivity index (χ2n) is 12.5. The number of carbonyl (C=O) groups is 3. The van der Waals surface area contributed by atoms with Gasteiger partial charge >= 0.3 is 0 Å². The third kappa shape index (κ3) is 6.28. The van der Waals surface area contributed by atoms with Crippen LogP contribution in [0.25, 0.3) is 0 Å². The highest BCUT2D eigenvalue weighted by Gasteiger charge is 2.70. The lowest BCUT2D eigenvalue weighted by Crippen LogP contribution is -2.54. The van der Waals surface area contributed by atoms with Crippen molar-refractivity contribution in [2.45, 2.75) is 48.6 Å². The van der Waals surface area contributed by atoms with Crippen LogP contribution in [0.15, 0.2) is 48.6 Å². The second-order valence-corrected chi connectivity index (χ2v) is 13.9. The van der Waals surface area contributed by atoms with Gasteiger partial charge in [-0.15, -0.1) is 11.8 Å². The molecule has 3 amide bonds. The Balaban J connectivity index is 1.29. The Morgan fingerprint density at radius 1 is 0.933 bits per heavy atom. The number of likely N-dealkylation sites (tertiary alicyclic amines) is 1. The molecule has 0 aliphatic carbocycles. The molecule has 0 aromatic heterocycles. The van der Waals surface area contributed by atoms with Crippen LogP contribution in [0.2, 0.25) is 0 Å². The number of hydrogen-bond donors (Lipinski definition) is 1. The lowest BCUT2D eigenvalue weighted by atomic mass is 9.78. The summed E-state index contributed by atoms with van der Waals surface area (Å²) in [5.41, 5.74) is 0.768. The molecule has 1 unspecified atom stereocenters. The first-order valence-corrected chi connectivity index (χ1v) is 17.4. The maximum atomic E-state index is 14.5. The lowest BCUT2D eigenvalue weighted by molar-refractivity contribution is -0.142. The summed E-state index contributed by atoms with van der Waals surface area (Å²) < 4.78 is 10.3. The number of aliphatic hydroxyl groups is 1. The molecular formula is C34H46N4O6S. The molecule has 244 valence electrons. The van der Waals surface area contributed by atoms with Gasteiger partial charge in [0.2, 0.25) is 17.7 Å². The first kappa shape index (κ1) is 32.1. The van der Waals surface area contributed by atoms with Gasteiger partial charge in [0, 0.05) is 63.4 Å². The van der Waals surface area contributed by atoms with Crippen molar-refractivity contribution >= 4 is 35.2 Å². The number of carbonyl (C=O) groups excluding carboxylic acids is 3. The average Bonchev–Trinajstić information content (AvgIpc) is 3.36. The van der Waals surface area contributed by atoms with E-state index in [2.05, 4.69) is 23.1 Å². The Kier molecular flexibility index (Phi) is 10.2. The molecule has 45 heavy (non-hydrogen) atoms. The van der Waals surface area contributed by atoms with Gasteiger partial charge in [0.25, 0.3) is 0 Å². The van der Waals surface area contributed by atoms with E-state index in [1.807, 2.05) is 42.2 Å². The number of benzene rings is 1. The Bertz CT molecular complexity index is 1280. The van der Waals surface area contributed by atoms with Crippen molar-refractivity contribution in [1.82, 2.24) is 14.7 Å². The van der Waals surface area contributed by atoms with E-state index in [0.29, 0.717) is 46.0 Å². The van der Waals surface area contributed by atoms with E-state index in [-0.39, 0.29) is 29.6 Å². The summed E-state index contributed by atoms with van der Waals surface area (Å²) in [5.74, 6) is -0.652. The number of rotatable bonds is 12. The van der Waals surface area contributed by atoms with E-state index in [1.165, 1.54) is 0 Å². The van der Waals surface area contributed by atoms with Crippen LogP contribution in [-0.2, 0) is 19.1 Å². The van der Waals surface area contributed by atoms with Gasteiger partial charge in [-0.3, -0.25) is 19.3 Å². The van der Waals surface area contributed by atoms with E-state index < -0.39 is 22.6 Å². The number of unbranched alkanes of at least 4 members (excludes halogenated alkanes) is 3. The summed E-state index contributed by atoms with van der Waals surface area (Å²) in [5, 5.41) is 9.03. The normalized spacial score (nSPS) is 29.9. The van der Waals surface area contributed by atoms with Crippen LogP contribution < -0.4 is 9.64 Å². The number of ether oxygens (including phenoxy) is 2. The lowest BCUT2D eigenvalue weighted by Gasteiger charge is -2.36. The van der Waals surface area contributed by atoms with Crippen molar-refractivity contribution in [3.05, 3.63) is 48.6 Å². The zero-order valence-electron chi connectivity index (χ0n) is 26.2. The minimum absolute atomic E-state index is 0.0248. The van der Waals surface area contributed by atoms with Crippen molar-refractivity contribution < 1.29 is 29.0 Å². The third-order valence-corrected chi connectivity index (χ3v) is 11.5. The molecule has 1 aromatic rings. The highest BCUT2D eigenvalue weighted by Crippen LogP contribution is 2.61. The van der Waals surface area contributed by atoms with Crippen molar-refractivity contribution in [3.8, 4) is 5.75 Å². The van der Waals surface area contributed by atoms with Gasteiger partial charge in [-0.2, -0.15) is 0 Å². The number of fused-ring (bicyclic) bond motifs is 2. The molecule has 1 N–H and O–H groups in total. The van der Waals surface area contributed by atoms with Gasteiger partial charge in [-0.1, -0.05) is 37.1 Å². The molecule has 1 aromatic carbocycles. The number of thioether (sulfide) groups is 1. The van der Waals surface area contributed by atoms with Gasteiger partial charge in [-0.25, -0.2) is 0 Å². The number of anilines is 1. The molecule has 0 bridgehead atoms.